The van der Waals surface area contributed by atoms with E-state index >= 15 is 0 Å². The molecule has 0 aliphatic carbocycles. The van der Waals surface area contributed by atoms with Crippen LogP contribution in [0, 0.1) is 0 Å². The third-order valence-corrected chi connectivity index (χ3v) is 1.43. The van der Waals surface area contributed by atoms with E-state index in [2.05, 4.69) is 10.3 Å². The minimum absolute atomic E-state index is 0.176. The zero-order valence-electron chi connectivity index (χ0n) is 6.12. The van der Waals surface area contributed by atoms with Crippen LogP contribution in [0.1, 0.15) is 5.69 Å². The molecule has 0 saturated heterocycles. The van der Waals surface area contributed by atoms with E-state index in [1.807, 2.05) is 0 Å². The number of hydrogen-bond donors (Lipinski definition) is 2. The van der Waals surface area contributed by atoms with E-state index in [0.717, 1.165) is 0 Å². The molecule has 12 heavy (non-hydrogen) atoms. The number of nitrogens with zero attached hydrogens (tertiary/aromatic N) is 1. The molecule has 1 rings (SSSR count). The van der Waals surface area contributed by atoms with Gasteiger partial charge in [0.25, 0.3) is 0 Å². The van der Waals surface area contributed by atoms with Gasteiger partial charge in [0.15, 0.2) is 0 Å². The molecule has 1 amide bonds. The summed E-state index contributed by atoms with van der Waals surface area (Å²) in [7, 11) is 0. The van der Waals surface area contributed by atoms with Crippen LogP contribution < -0.4 is 5.32 Å². The first kappa shape index (κ1) is 8.80. The van der Waals surface area contributed by atoms with Gasteiger partial charge in [-0.2, -0.15) is 0 Å². The second kappa shape index (κ2) is 3.92. The lowest BCUT2D eigenvalue weighted by atomic mass is 10.3. The Morgan fingerprint density at radius 2 is 2.50 bits per heavy atom. The quantitative estimate of drug-likeness (QED) is 0.736. The van der Waals surface area contributed by atoms with E-state index in [9.17, 15) is 4.79 Å². The van der Waals surface area contributed by atoms with Gasteiger partial charge in [0.05, 0.1) is 12.2 Å². The maximum absolute atomic E-state index is 10.1. The number of amides is 1. The van der Waals surface area contributed by atoms with E-state index in [1.54, 1.807) is 12.1 Å². The molecule has 0 unspecified atom stereocenters. The number of nitrogens with one attached hydrogen (secondary N) is 1. The molecule has 0 fully saturated rings. The molecular weight excluding hydrogens is 180 g/mol. The fourth-order valence-corrected chi connectivity index (χ4v) is 0.894. The van der Waals surface area contributed by atoms with Crippen molar-refractivity contribution in [2.45, 2.75) is 6.54 Å². The van der Waals surface area contributed by atoms with Crippen molar-refractivity contribution in [1.82, 2.24) is 10.3 Å². The van der Waals surface area contributed by atoms with Gasteiger partial charge in [-0.15, -0.1) is 0 Å². The maximum Gasteiger partial charge on any atom is 0.404 e. The van der Waals surface area contributed by atoms with Gasteiger partial charge in [-0.3, -0.25) is 4.98 Å². The molecule has 0 aromatic carbocycles. The van der Waals surface area contributed by atoms with Crippen LogP contribution in [0.2, 0.25) is 5.02 Å². The molecule has 0 atom stereocenters. The van der Waals surface area contributed by atoms with E-state index in [0.29, 0.717) is 10.7 Å². The molecule has 0 radical (unpaired) electrons. The Labute approximate surface area is 74.2 Å². The van der Waals surface area contributed by atoms with Gasteiger partial charge in [0.1, 0.15) is 0 Å². The van der Waals surface area contributed by atoms with Crippen molar-refractivity contribution in [3.63, 3.8) is 0 Å². The van der Waals surface area contributed by atoms with Gasteiger partial charge >= 0.3 is 6.09 Å². The van der Waals surface area contributed by atoms with Crippen molar-refractivity contribution in [2.24, 2.45) is 0 Å². The molecule has 1 aromatic rings. The standard InChI is InChI=1S/C7H7ClN2O2/c8-5-1-2-9-6(3-5)4-10-7(11)12/h1-3,10H,4H2,(H,11,12). The average Bonchev–Trinajstić information content (AvgIpc) is 2.01. The highest BCUT2D eigenvalue weighted by Crippen LogP contribution is 2.07. The summed E-state index contributed by atoms with van der Waals surface area (Å²) in [6, 6.07) is 3.24. The van der Waals surface area contributed by atoms with Crippen LogP contribution >= 0.6 is 11.6 Å². The van der Waals surface area contributed by atoms with Gasteiger partial charge in [0, 0.05) is 11.2 Å². The number of rotatable bonds is 2. The summed E-state index contributed by atoms with van der Waals surface area (Å²) >= 11 is 5.64. The van der Waals surface area contributed by atoms with Crippen LogP contribution in [-0.2, 0) is 6.54 Å². The molecule has 0 spiro atoms. The second-order valence-electron chi connectivity index (χ2n) is 2.12. The zero-order valence-corrected chi connectivity index (χ0v) is 6.88. The summed E-state index contributed by atoms with van der Waals surface area (Å²) in [4.78, 5) is 14.0. The first-order valence-electron chi connectivity index (χ1n) is 3.25. The molecular formula is C7H7ClN2O2. The molecule has 0 aliphatic rings. The van der Waals surface area contributed by atoms with E-state index in [4.69, 9.17) is 16.7 Å². The van der Waals surface area contributed by atoms with Gasteiger partial charge < -0.3 is 10.4 Å². The molecule has 4 nitrogen and oxygen atoms in total. The lowest BCUT2D eigenvalue weighted by Gasteiger charge is -1.99. The second-order valence-corrected chi connectivity index (χ2v) is 2.56. The van der Waals surface area contributed by atoms with Gasteiger partial charge in [-0.05, 0) is 12.1 Å². The summed E-state index contributed by atoms with van der Waals surface area (Å²) in [5, 5.41) is 11.0. The van der Waals surface area contributed by atoms with Gasteiger partial charge in [-0.25, -0.2) is 4.79 Å². The highest BCUT2D eigenvalue weighted by Gasteiger charge is 1.97. The number of halogens is 1. The predicted molar refractivity (Wildman–Crippen MR) is 44.1 cm³/mol. The highest BCUT2D eigenvalue weighted by atomic mass is 35.5. The smallest absolute Gasteiger partial charge is 0.404 e. The Morgan fingerprint density at radius 3 is 3.08 bits per heavy atom. The fourth-order valence-electron chi connectivity index (χ4n) is 0.712. The molecule has 5 heteroatoms. The van der Waals surface area contributed by atoms with Crippen LogP contribution in [0.4, 0.5) is 4.79 Å². The monoisotopic (exact) mass is 186 g/mol. The third kappa shape index (κ3) is 2.75. The topological polar surface area (TPSA) is 62.2 Å². The normalized spacial score (nSPS) is 9.42. The Hall–Kier alpha value is -1.29. The van der Waals surface area contributed by atoms with Gasteiger partial charge in [0.2, 0.25) is 0 Å². The molecule has 1 heterocycles. The van der Waals surface area contributed by atoms with Crippen LogP contribution in [0.3, 0.4) is 0 Å². The summed E-state index contributed by atoms with van der Waals surface area (Å²) < 4.78 is 0. The number of hydrogen-bond acceptors (Lipinski definition) is 2. The molecule has 0 bridgehead atoms. The fraction of sp³-hybridized carbons (Fsp3) is 0.143. The van der Waals surface area contributed by atoms with E-state index < -0.39 is 6.09 Å². The third-order valence-electron chi connectivity index (χ3n) is 1.20. The molecule has 0 saturated carbocycles. The Balaban J connectivity index is 2.57. The molecule has 1 aromatic heterocycles. The average molecular weight is 187 g/mol. The van der Waals surface area contributed by atoms with Crippen molar-refractivity contribution in [3.05, 3.63) is 29.0 Å². The summed E-state index contributed by atoms with van der Waals surface area (Å²) in [6.45, 7) is 0.176. The lowest BCUT2D eigenvalue weighted by Crippen LogP contribution is -2.20. The van der Waals surface area contributed by atoms with Crippen LogP contribution in [0.25, 0.3) is 0 Å². The largest absolute Gasteiger partial charge is 0.465 e. The van der Waals surface area contributed by atoms with Crippen LogP contribution in [0.15, 0.2) is 18.3 Å². The van der Waals surface area contributed by atoms with Crippen LogP contribution in [-0.4, -0.2) is 16.2 Å². The highest BCUT2D eigenvalue weighted by molar-refractivity contribution is 6.30. The Bertz CT molecular complexity index is 290. The number of aromatic nitrogens is 1. The van der Waals surface area contributed by atoms with Crippen molar-refractivity contribution in [1.29, 1.82) is 0 Å². The SMILES string of the molecule is O=C(O)NCc1cc(Cl)ccn1. The lowest BCUT2D eigenvalue weighted by molar-refractivity contribution is 0.194. The zero-order chi connectivity index (χ0) is 8.97. The first-order valence-corrected chi connectivity index (χ1v) is 3.63. The van der Waals surface area contributed by atoms with Gasteiger partial charge in [-0.1, -0.05) is 11.6 Å². The summed E-state index contributed by atoms with van der Waals surface area (Å²) in [6.07, 6.45) is 0.457. The minimum atomic E-state index is -1.07. The maximum atomic E-state index is 10.1. The first-order chi connectivity index (χ1) is 5.68. The van der Waals surface area contributed by atoms with Crippen molar-refractivity contribution in [3.8, 4) is 0 Å². The Morgan fingerprint density at radius 1 is 1.75 bits per heavy atom. The number of carbonyl (C=O) groups is 1. The van der Waals surface area contributed by atoms with Crippen LogP contribution in [0.5, 0.6) is 0 Å². The van der Waals surface area contributed by atoms with Crippen molar-refractivity contribution in [2.75, 3.05) is 0 Å². The number of carboxylic acid groups (broad SMARTS) is 1. The van der Waals surface area contributed by atoms with E-state index in [-0.39, 0.29) is 6.54 Å². The molecule has 2 N–H and O–H groups in total. The summed E-state index contributed by atoms with van der Waals surface area (Å²) in [5.74, 6) is 0. The molecule has 0 aliphatic heterocycles. The van der Waals surface area contributed by atoms with Crippen molar-refractivity contribution >= 4 is 17.7 Å². The predicted octanol–water partition coefficient (Wildman–Crippen LogP) is 1.50. The Kier molecular flexibility index (Phi) is 2.88. The molecule has 64 valence electrons. The van der Waals surface area contributed by atoms with Crippen molar-refractivity contribution < 1.29 is 9.90 Å². The number of pyridine rings is 1. The minimum Gasteiger partial charge on any atom is -0.465 e. The van der Waals surface area contributed by atoms with E-state index in [1.165, 1.54) is 6.20 Å². The summed E-state index contributed by atoms with van der Waals surface area (Å²) in [5.41, 5.74) is 0.602.